The highest BCUT2D eigenvalue weighted by molar-refractivity contribution is 8.00. The van der Waals surface area contributed by atoms with Crippen molar-refractivity contribution in [1.82, 2.24) is 10.2 Å². The molecule has 3 aromatic carbocycles. The summed E-state index contributed by atoms with van der Waals surface area (Å²) >= 11 is 7.45. The maximum Gasteiger partial charge on any atom is 0.243 e. The molecule has 0 aliphatic carbocycles. The van der Waals surface area contributed by atoms with Crippen LogP contribution in [0, 0.1) is 6.92 Å². The smallest absolute Gasteiger partial charge is 0.243 e. The summed E-state index contributed by atoms with van der Waals surface area (Å²) in [6.45, 7) is 8.25. The molecule has 6 heteroatoms. The van der Waals surface area contributed by atoms with Gasteiger partial charge in [-0.2, -0.15) is 0 Å². The van der Waals surface area contributed by atoms with Crippen molar-refractivity contribution in [2.24, 2.45) is 0 Å². The van der Waals surface area contributed by atoms with Gasteiger partial charge in [0.25, 0.3) is 0 Å². The summed E-state index contributed by atoms with van der Waals surface area (Å²) in [5, 5.41) is 3.76. The van der Waals surface area contributed by atoms with Crippen LogP contribution in [0.15, 0.2) is 83.8 Å². The number of nitrogens with zero attached hydrogens (tertiary/aromatic N) is 1. The third-order valence-electron chi connectivity index (χ3n) is 5.55. The Bertz CT molecular complexity index is 1130. The Morgan fingerprint density at radius 3 is 2.20 bits per heavy atom. The molecule has 0 saturated heterocycles. The number of benzene rings is 3. The molecule has 0 bridgehead atoms. The van der Waals surface area contributed by atoms with Gasteiger partial charge in [0.1, 0.15) is 6.04 Å². The largest absolute Gasteiger partial charge is 0.350 e. The Morgan fingerprint density at radius 2 is 1.57 bits per heavy atom. The number of rotatable bonds is 9. The van der Waals surface area contributed by atoms with Gasteiger partial charge in [-0.15, -0.1) is 11.8 Å². The minimum absolute atomic E-state index is 0.0850. The van der Waals surface area contributed by atoms with Crippen molar-refractivity contribution in [3.8, 4) is 0 Å². The number of nitrogens with one attached hydrogen (secondary N) is 1. The number of carbonyl (C=O) groups excluding carboxylic acids is 2. The van der Waals surface area contributed by atoms with Crippen molar-refractivity contribution in [2.45, 2.75) is 57.1 Å². The Labute approximate surface area is 218 Å². The first-order chi connectivity index (χ1) is 16.6. The molecule has 0 saturated carbocycles. The molecule has 0 aromatic heterocycles. The molecule has 35 heavy (non-hydrogen) atoms. The van der Waals surface area contributed by atoms with Gasteiger partial charge in [0.15, 0.2) is 0 Å². The van der Waals surface area contributed by atoms with Crippen molar-refractivity contribution in [1.29, 1.82) is 0 Å². The Balaban J connectivity index is 1.93. The van der Waals surface area contributed by atoms with Gasteiger partial charge in [-0.1, -0.05) is 66.2 Å². The van der Waals surface area contributed by atoms with Gasteiger partial charge >= 0.3 is 0 Å². The maximum atomic E-state index is 13.7. The van der Waals surface area contributed by atoms with E-state index in [1.165, 1.54) is 11.8 Å². The first-order valence-electron chi connectivity index (χ1n) is 11.7. The van der Waals surface area contributed by atoms with E-state index in [0.717, 1.165) is 21.6 Å². The van der Waals surface area contributed by atoms with Crippen LogP contribution in [0.1, 0.15) is 37.5 Å². The van der Waals surface area contributed by atoms with Gasteiger partial charge < -0.3 is 10.2 Å². The zero-order valence-electron chi connectivity index (χ0n) is 20.8. The number of hydrogen-bond acceptors (Lipinski definition) is 3. The lowest BCUT2D eigenvalue weighted by atomic mass is 10.00. The molecule has 4 nitrogen and oxygen atoms in total. The molecule has 1 atom stereocenters. The van der Waals surface area contributed by atoms with E-state index in [9.17, 15) is 9.59 Å². The van der Waals surface area contributed by atoms with Crippen molar-refractivity contribution < 1.29 is 9.59 Å². The van der Waals surface area contributed by atoms with E-state index in [-0.39, 0.29) is 17.6 Å². The number of carbonyl (C=O) groups is 2. The Kier molecular flexibility index (Phi) is 9.41. The van der Waals surface area contributed by atoms with Gasteiger partial charge in [0, 0.05) is 28.4 Å². The van der Waals surface area contributed by atoms with E-state index in [4.69, 9.17) is 11.6 Å². The Morgan fingerprint density at radius 1 is 0.943 bits per heavy atom. The molecule has 0 unspecified atom stereocenters. The van der Waals surface area contributed by atoms with Crippen LogP contribution in [0.3, 0.4) is 0 Å². The van der Waals surface area contributed by atoms with Crippen molar-refractivity contribution in [2.75, 3.05) is 5.75 Å². The van der Waals surface area contributed by atoms with E-state index >= 15 is 0 Å². The second kappa shape index (κ2) is 12.3. The summed E-state index contributed by atoms with van der Waals surface area (Å²) in [7, 11) is 0. The van der Waals surface area contributed by atoms with Gasteiger partial charge in [0.05, 0.1) is 5.75 Å². The van der Waals surface area contributed by atoms with E-state index < -0.39 is 11.6 Å². The predicted octanol–water partition coefficient (Wildman–Crippen LogP) is 6.30. The van der Waals surface area contributed by atoms with Gasteiger partial charge in [-0.3, -0.25) is 9.59 Å². The SMILES string of the molecule is Cc1ccccc1CN(C(=O)CSc1ccc(Cl)cc1)[C@@H](Cc1ccccc1)C(=O)NC(C)(C)C. The van der Waals surface area contributed by atoms with Gasteiger partial charge in [-0.25, -0.2) is 0 Å². The summed E-state index contributed by atoms with van der Waals surface area (Å²) in [5.41, 5.74) is 2.71. The number of halogens is 1. The lowest BCUT2D eigenvalue weighted by Gasteiger charge is -2.34. The van der Waals surface area contributed by atoms with E-state index in [0.29, 0.717) is 18.0 Å². The topological polar surface area (TPSA) is 49.4 Å². The molecule has 184 valence electrons. The van der Waals surface area contributed by atoms with Crippen molar-refractivity contribution >= 4 is 35.2 Å². The fourth-order valence-corrected chi connectivity index (χ4v) is 4.65. The normalized spacial score (nSPS) is 12.1. The van der Waals surface area contributed by atoms with Crippen LogP contribution < -0.4 is 5.32 Å². The zero-order valence-corrected chi connectivity index (χ0v) is 22.3. The van der Waals surface area contributed by atoms with Crippen molar-refractivity contribution in [3.63, 3.8) is 0 Å². The summed E-state index contributed by atoms with van der Waals surface area (Å²) < 4.78 is 0. The van der Waals surface area contributed by atoms with Crippen LogP contribution >= 0.6 is 23.4 Å². The molecule has 3 aromatic rings. The van der Waals surface area contributed by atoms with E-state index in [1.807, 2.05) is 107 Å². The highest BCUT2D eigenvalue weighted by Crippen LogP contribution is 2.23. The highest BCUT2D eigenvalue weighted by atomic mass is 35.5. The molecule has 0 aliphatic heterocycles. The molecule has 1 N–H and O–H groups in total. The molecule has 3 rings (SSSR count). The van der Waals surface area contributed by atoms with E-state index in [2.05, 4.69) is 5.32 Å². The second-order valence-electron chi connectivity index (χ2n) is 9.64. The van der Waals surface area contributed by atoms with Crippen LogP contribution in [0.25, 0.3) is 0 Å². The molecule has 2 amide bonds. The van der Waals surface area contributed by atoms with Crippen LogP contribution in [0.4, 0.5) is 0 Å². The molecule has 0 heterocycles. The summed E-state index contributed by atoms with van der Waals surface area (Å²) in [5.74, 6) is -0.0142. The lowest BCUT2D eigenvalue weighted by molar-refractivity contribution is -0.140. The lowest BCUT2D eigenvalue weighted by Crippen LogP contribution is -2.54. The monoisotopic (exact) mass is 508 g/mol. The first kappa shape index (κ1) is 26.8. The average molecular weight is 509 g/mol. The summed E-state index contributed by atoms with van der Waals surface area (Å²) in [6.07, 6.45) is 0.436. The van der Waals surface area contributed by atoms with Crippen molar-refractivity contribution in [3.05, 3.63) is 101 Å². The minimum Gasteiger partial charge on any atom is -0.350 e. The summed E-state index contributed by atoms with van der Waals surface area (Å²) in [4.78, 5) is 30.0. The molecule has 0 radical (unpaired) electrons. The summed E-state index contributed by atoms with van der Waals surface area (Å²) in [6, 6.07) is 24.6. The molecular formula is C29H33ClN2O2S. The number of hydrogen-bond donors (Lipinski definition) is 1. The third-order valence-corrected chi connectivity index (χ3v) is 6.80. The molecule has 0 spiro atoms. The number of aryl methyl sites for hydroxylation is 1. The molecule has 0 aliphatic rings. The fraction of sp³-hybridized carbons (Fsp3) is 0.310. The Hall–Kier alpha value is -2.76. The standard InChI is InChI=1S/C29H33ClN2O2S/c1-21-10-8-9-13-23(21)19-32(27(33)20-35-25-16-14-24(30)15-17-25)26(28(34)31-29(2,3)4)18-22-11-6-5-7-12-22/h5-17,26H,18-20H2,1-4H3,(H,31,34)/t26-/m0/s1. The molecule has 0 fully saturated rings. The minimum atomic E-state index is -0.644. The quantitative estimate of drug-likeness (QED) is 0.345. The van der Waals surface area contributed by atoms with Crippen LogP contribution in [-0.4, -0.2) is 34.0 Å². The zero-order chi connectivity index (χ0) is 25.4. The second-order valence-corrected chi connectivity index (χ2v) is 11.1. The first-order valence-corrected chi connectivity index (χ1v) is 13.1. The van der Waals surface area contributed by atoms with E-state index in [1.54, 1.807) is 4.90 Å². The highest BCUT2D eigenvalue weighted by Gasteiger charge is 2.32. The number of thioether (sulfide) groups is 1. The van der Waals surface area contributed by atoms with Crippen LogP contribution in [-0.2, 0) is 22.6 Å². The fourth-order valence-electron chi connectivity index (χ4n) is 3.74. The number of amides is 2. The van der Waals surface area contributed by atoms with Crippen LogP contribution in [0.2, 0.25) is 5.02 Å². The predicted molar refractivity (Wildman–Crippen MR) is 146 cm³/mol. The molecular weight excluding hydrogens is 476 g/mol. The van der Waals surface area contributed by atoms with Crippen LogP contribution in [0.5, 0.6) is 0 Å². The average Bonchev–Trinajstić information content (AvgIpc) is 2.81. The third kappa shape index (κ3) is 8.44. The maximum absolute atomic E-state index is 13.7. The van der Waals surface area contributed by atoms with Gasteiger partial charge in [0.2, 0.25) is 11.8 Å². The van der Waals surface area contributed by atoms with Gasteiger partial charge in [-0.05, 0) is 68.7 Å².